The van der Waals surface area contributed by atoms with Crippen molar-refractivity contribution < 1.29 is 14.6 Å². The molecule has 0 aromatic heterocycles. The second-order valence-electron chi connectivity index (χ2n) is 3.70. The Kier molecular flexibility index (Phi) is 3.72. The minimum absolute atomic E-state index is 0.0320. The maximum Gasteiger partial charge on any atom is 0.308 e. The first-order chi connectivity index (χ1) is 7.06. The normalized spacial score (nSPS) is 14.3. The number of esters is 1. The molecule has 1 aromatic carbocycles. The second-order valence-corrected chi connectivity index (χ2v) is 3.70. The number of hydrogen-bond acceptors (Lipinski definition) is 3. The number of phenolic OH excluding ortho intramolecular Hbond substituents is 1. The number of ether oxygens (including phenoxy) is 1. The molecule has 0 amide bonds. The Morgan fingerprint density at radius 3 is 2.60 bits per heavy atom. The van der Waals surface area contributed by atoms with Crippen LogP contribution in [0.5, 0.6) is 5.75 Å². The van der Waals surface area contributed by atoms with Crippen LogP contribution in [0, 0.1) is 5.92 Å². The summed E-state index contributed by atoms with van der Waals surface area (Å²) in [4.78, 5) is 11.3. The van der Waals surface area contributed by atoms with E-state index in [4.69, 9.17) is 0 Å². The number of carbonyl (C=O) groups is 1. The predicted octanol–water partition coefficient (Wildman–Crippen LogP) is 2.30. The third-order valence-electron chi connectivity index (χ3n) is 2.72. The molecule has 1 rings (SSSR count). The van der Waals surface area contributed by atoms with E-state index in [-0.39, 0.29) is 23.6 Å². The minimum Gasteiger partial charge on any atom is -0.508 e. The molecule has 0 heterocycles. The van der Waals surface area contributed by atoms with Crippen molar-refractivity contribution in [2.75, 3.05) is 7.11 Å². The molecule has 2 atom stereocenters. The molecule has 15 heavy (non-hydrogen) atoms. The molecule has 0 aliphatic rings. The van der Waals surface area contributed by atoms with Crippen molar-refractivity contribution in [3.63, 3.8) is 0 Å². The molecular weight excluding hydrogens is 192 g/mol. The van der Waals surface area contributed by atoms with E-state index in [2.05, 4.69) is 4.74 Å². The highest BCUT2D eigenvalue weighted by Crippen LogP contribution is 2.27. The van der Waals surface area contributed by atoms with Gasteiger partial charge in [0.2, 0.25) is 0 Å². The summed E-state index contributed by atoms with van der Waals surface area (Å²) in [5, 5.41) is 9.32. The molecule has 3 heteroatoms. The van der Waals surface area contributed by atoms with Gasteiger partial charge in [-0.3, -0.25) is 4.79 Å². The van der Waals surface area contributed by atoms with Crippen molar-refractivity contribution in [1.29, 1.82) is 0 Å². The number of rotatable bonds is 3. The summed E-state index contributed by atoms with van der Waals surface area (Å²) in [6.45, 7) is 3.76. The van der Waals surface area contributed by atoms with Crippen molar-refractivity contribution in [3.8, 4) is 5.75 Å². The van der Waals surface area contributed by atoms with Crippen LogP contribution >= 0.6 is 0 Å². The Morgan fingerprint density at radius 1 is 1.40 bits per heavy atom. The predicted molar refractivity (Wildman–Crippen MR) is 57.7 cm³/mol. The van der Waals surface area contributed by atoms with Gasteiger partial charge in [0, 0.05) is 0 Å². The van der Waals surface area contributed by atoms with Gasteiger partial charge in [-0.05, 0) is 23.6 Å². The van der Waals surface area contributed by atoms with Crippen LogP contribution in [-0.2, 0) is 9.53 Å². The molecule has 0 saturated carbocycles. The largest absolute Gasteiger partial charge is 0.508 e. The molecule has 1 N–H and O–H groups in total. The summed E-state index contributed by atoms with van der Waals surface area (Å²) in [5.74, 6) is -0.191. The minimum atomic E-state index is -0.231. The highest BCUT2D eigenvalue weighted by Gasteiger charge is 2.22. The summed E-state index contributed by atoms with van der Waals surface area (Å²) >= 11 is 0. The topological polar surface area (TPSA) is 46.5 Å². The van der Waals surface area contributed by atoms with E-state index in [9.17, 15) is 9.90 Å². The van der Waals surface area contributed by atoms with Gasteiger partial charge in [-0.15, -0.1) is 0 Å². The van der Waals surface area contributed by atoms with Crippen LogP contribution < -0.4 is 0 Å². The molecule has 0 radical (unpaired) electrons. The zero-order valence-electron chi connectivity index (χ0n) is 9.23. The van der Waals surface area contributed by atoms with Gasteiger partial charge in [0.25, 0.3) is 0 Å². The maximum atomic E-state index is 11.3. The van der Waals surface area contributed by atoms with Crippen LogP contribution in [0.3, 0.4) is 0 Å². The number of methoxy groups -OCH3 is 1. The first-order valence-electron chi connectivity index (χ1n) is 4.93. The molecule has 0 spiro atoms. The smallest absolute Gasteiger partial charge is 0.308 e. The van der Waals surface area contributed by atoms with Crippen LogP contribution in [0.4, 0.5) is 0 Å². The van der Waals surface area contributed by atoms with E-state index in [0.717, 1.165) is 5.56 Å². The first kappa shape index (κ1) is 11.6. The summed E-state index contributed by atoms with van der Waals surface area (Å²) in [7, 11) is 1.38. The lowest BCUT2D eigenvalue weighted by Crippen LogP contribution is -2.18. The molecule has 0 aliphatic heterocycles. The molecule has 82 valence electrons. The number of benzene rings is 1. The average molecular weight is 208 g/mol. The molecule has 0 bridgehead atoms. The van der Waals surface area contributed by atoms with E-state index in [1.54, 1.807) is 18.2 Å². The lowest BCUT2D eigenvalue weighted by Gasteiger charge is -2.18. The Bertz CT molecular complexity index is 346. The Balaban J connectivity index is 2.84. The number of aromatic hydroxyl groups is 1. The van der Waals surface area contributed by atoms with Crippen LogP contribution in [-0.4, -0.2) is 18.2 Å². The fourth-order valence-corrected chi connectivity index (χ4v) is 1.49. The molecule has 0 unspecified atom stereocenters. The Morgan fingerprint density at radius 2 is 2.07 bits per heavy atom. The summed E-state index contributed by atoms with van der Waals surface area (Å²) in [6, 6.07) is 6.94. The summed E-state index contributed by atoms with van der Waals surface area (Å²) in [6.07, 6.45) is 0. The van der Waals surface area contributed by atoms with Crippen LogP contribution in [0.15, 0.2) is 24.3 Å². The standard InChI is InChI=1S/C12H16O3/c1-8(9(2)12(14)15-3)10-5-4-6-11(13)7-10/h4-9,13H,1-3H3/t8-,9+/m1/s1. The maximum absolute atomic E-state index is 11.3. The van der Waals surface area contributed by atoms with Gasteiger partial charge in [-0.2, -0.15) is 0 Å². The van der Waals surface area contributed by atoms with Crippen molar-refractivity contribution >= 4 is 5.97 Å². The summed E-state index contributed by atoms with van der Waals surface area (Å²) < 4.78 is 4.68. The summed E-state index contributed by atoms with van der Waals surface area (Å²) in [5.41, 5.74) is 0.938. The fraction of sp³-hybridized carbons (Fsp3) is 0.417. The average Bonchev–Trinajstić information content (AvgIpc) is 2.26. The zero-order chi connectivity index (χ0) is 11.4. The second kappa shape index (κ2) is 4.82. The SMILES string of the molecule is COC(=O)[C@@H](C)[C@@H](C)c1cccc(O)c1. The number of hydrogen-bond donors (Lipinski definition) is 1. The highest BCUT2D eigenvalue weighted by atomic mass is 16.5. The van der Waals surface area contributed by atoms with Gasteiger partial charge in [0.15, 0.2) is 0 Å². The molecule has 1 aromatic rings. The van der Waals surface area contributed by atoms with Crippen molar-refractivity contribution in [3.05, 3.63) is 29.8 Å². The van der Waals surface area contributed by atoms with Gasteiger partial charge >= 0.3 is 5.97 Å². The van der Waals surface area contributed by atoms with Crippen molar-refractivity contribution in [2.24, 2.45) is 5.92 Å². The van der Waals surface area contributed by atoms with Crippen molar-refractivity contribution in [1.82, 2.24) is 0 Å². The van der Waals surface area contributed by atoms with Crippen LogP contribution in [0.1, 0.15) is 25.3 Å². The third kappa shape index (κ3) is 2.72. The lowest BCUT2D eigenvalue weighted by atomic mass is 9.89. The van der Waals surface area contributed by atoms with Gasteiger partial charge in [-0.1, -0.05) is 26.0 Å². The van der Waals surface area contributed by atoms with E-state index in [1.165, 1.54) is 7.11 Å². The molecular formula is C12H16O3. The first-order valence-corrected chi connectivity index (χ1v) is 4.93. The quantitative estimate of drug-likeness (QED) is 0.775. The zero-order valence-corrected chi connectivity index (χ0v) is 9.23. The van der Waals surface area contributed by atoms with E-state index >= 15 is 0 Å². The van der Waals surface area contributed by atoms with Gasteiger partial charge in [-0.25, -0.2) is 0 Å². The molecule has 0 saturated heterocycles. The van der Waals surface area contributed by atoms with Gasteiger partial charge < -0.3 is 9.84 Å². The number of carbonyl (C=O) groups excluding carboxylic acids is 1. The van der Waals surface area contributed by atoms with E-state index in [0.29, 0.717) is 0 Å². The van der Waals surface area contributed by atoms with Crippen LogP contribution in [0.2, 0.25) is 0 Å². The van der Waals surface area contributed by atoms with Gasteiger partial charge in [0.1, 0.15) is 5.75 Å². The number of phenols is 1. The third-order valence-corrected chi connectivity index (χ3v) is 2.72. The molecule has 0 fully saturated rings. The highest BCUT2D eigenvalue weighted by molar-refractivity contribution is 5.73. The molecule has 3 nitrogen and oxygen atoms in total. The molecule has 0 aliphatic carbocycles. The van der Waals surface area contributed by atoms with E-state index in [1.807, 2.05) is 19.9 Å². The van der Waals surface area contributed by atoms with E-state index < -0.39 is 0 Å². The monoisotopic (exact) mass is 208 g/mol. The lowest BCUT2D eigenvalue weighted by molar-refractivity contribution is -0.145. The fourth-order valence-electron chi connectivity index (χ4n) is 1.49. The van der Waals surface area contributed by atoms with Crippen molar-refractivity contribution in [2.45, 2.75) is 19.8 Å². The Hall–Kier alpha value is -1.51. The Labute approximate surface area is 89.7 Å². The van der Waals surface area contributed by atoms with Crippen LogP contribution in [0.25, 0.3) is 0 Å². The van der Waals surface area contributed by atoms with Gasteiger partial charge in [0.05, 0.1) is 13.0 Å².